The van der Waals surface area contributed by atoms with Gasteiger partial charge in [-0.25, -0.2) is 9.98 Å². The molecule has 0 aliphatic heterocycles. The van der Waals surface area contributed by atoms with Gasteiger partial charge in [0.15, 0.2) is 0 Å². The molecule has 0 bridgehead atoms. The normalized spacial score (nSPS) is 15.9. The Morgan fingerprint density at radius 2 is 2.14 bits per heavy atom. The van der Waals surface area contributed by atoms with E-state index in [9.17, 15) is 4.79 Å². The molecule has 0 atom stereocenters. The lowest BCUT2D eigenvalue weighted by molar-refractivity contribution is 0.353. The summed E-state index contributed by atoms with van der Waals surface area (Å²) < 4.78 is 1.84. The fourth-order valence-corrected chi connectivity index (χ4v) is 3.56. The first-order valence-electron chi connectivity index (χ1n) is 9.55. The number of hydrogen-bond acceptors (Lipinski definition) is 5. The van der Waals surface area contributed by atoms with E-state index in [0.29, 0.717) is 17.3 Å². The Morgan fingerprint density at radius 3 is 2.86 bits per heavy atom. The highest BCUT2D eigenvalue weighted by Gasteiger charge is 2.20. The highest BCUT2D eigenvalue weighted by molar-refractivity contribution is 5.81. The molecule has 0 amide bonds. The summed E-state index contributed by atoms with van der Waals surface area (Å²) in [6.45, 7) is 7.81. The molecule has 0 aromatic carbocycles. The van der Waals surface area contributed by atoms with E-state index in [-0.39, 0.29) is 11.6 Å². The van der Waals surface area contributed by atoms with Crippen LogP contribution in [0.5, 0.6) is 0 Å². The van der Waals surface area contributed by atoms with Crippen LogP contribution < -0.4 is 10.9 Å². The van der Waals surface area contributed by atoms with Crippen LogP contribution in [0.15, 0.2) is 46.0 Å². The van der Waals surface area contributed by atoms with E-state index in [1.165, 1.54) is 12.6 Å². The highest BCUT2D eigenvalue weighted by Crippen LogP contribution is 2.29. The van der Waals surface area contributed by atoms with Crippen LogP contribution in [0.4, 0.5) is 5.95 Å². The number of aryl methyl sites for hydroxylation is 1. The Hall–Kier alpha value is -3.09. The Kier molecular flexibility index (Phi) is 6.13. The molecule has 1 aliphatic rings. The lowest BCUT2D eigenvalue weighted by Crippen LogP contribution is -2.27. The van der Waals surface area contributed by atoms with Gasteiger partial charge in [0, 0.05) is 35.6 Å². The second-order valence-electron chi connectivity index (χ2n) is 7.14. The molecule has 2 aromatic rings. The highest BCUT2D eigenvalue weighted by atomic mass is 16.1. The number of nitrogens with one attached hydrogen (secondary N) is 2. The standard InChI is InChI=1S/C21H26N6O/c1-14(9-10-23-13-22)16(3)25-21-24-12-18-15(2)11-19(28)27(20(18)26-21)17-7-5-4-6-8-17/h9-13,17,22H,3-8H2,1-2H3,(H,24,25,26)/b14-9-,22-13?,23-10?. The van der Waals surface area contributed by atoms with E-state index < -0.39 is 0 Å². The number of nitrogens with zero attached hydrogens (tertiary/aromatic N) is 4. The molecule has 0 spiro atoms. The van der Waals surface area contributed by atoms with Gasteiger partial charge in [0.05, 0.1) is 0 Å². The predicted octanol–water partition coefficient (Wildman–Crippen LogP) is 4.15. The Labute approximate surface area is 164 Å². The van der Waals surface area contributed by atoms with Crippen LogP contribution in [0.25, 0.3) is 11.0 Å². The predicted molar refractivity (Wildman–Crippen MR) is 114 cm³/mol. The molecular formula is C21H26N6O. The first kappa shape index (κ1) is 19.7. The summed E-state index contributed by atoms with van der Waals surface area (Å²) in [7, 11) is 0. The van der Waals surface area contributed by atoms with Crippen LogP contribution in [0.2, 0.25) is 0 Å². The quantitative estimate of drug-likeness (QED) is 0.448. The maximum atomic E-state index is 12.8. The number of hydrogen-bond donors (Lipinski definition) is 2. The van der Waals surface area contributed by atoms with Crippen molar-refractivity contribution >= 4 is 29.5 Å². The summed E-state index contributed by atoms with van der Waals surface area (Å²) in [4.78, 5) is 25.6. The SMILES string of the molecule is C=C(Nc1ncc2c(C)cc(=O)n(C3CCCCC3)c2n1)/C(C)=C\C=NC=N. The molecule has 0 unspecified atom stereocenters. The number of pyridine rings is 1. The molecule has 0 saturated heterocycles. The first-order valence-corrected chi connectivity index (χ1v) is 9.55. The van der Waals surface area contributed by atoms with Crippen molar-refractivity contribution < 1.29 is 0 Å². The Balaban J connectivity index is 1.98. The third kappa shape index (κ3) is 4.24. The fourth-order valence-electron chi connectivity index (χ4n) is 3.56. The van der Waals surface area contributed by atoms with Crippen LogP contribution in [0.1, 0.15) is 50.6 Å². The Morgan fingerprint density at radius 1 is 1.39 bits per heavy atom. The number of rotatable bonds is 6. The van der Waals surface area contributed by atoms with Crippen LogP contribution in [0, 0.1) is 12.3 Å². The largest absolute Gasteiger partial charge is 0.324 e. The molecule has 1 aliphatic carbocycles. The van der Waals surface area contributed by atoms with E-state index in [2.05, 4.69) is 26.9 Å². The molecule has 0 radical (unpaired) electrons. The van der Waals surface area contributed by atoms with E-state index in [1.54, 1.807) is 18.3 Å². The summed E-state index contributed by atoms with van der Waals surface area (Å²) in [6.07, 6.45) is 11.5. The van der Waals surface area contributed by atoms with E-state index in [0.717, 1.165) is 48.5 Å². The van der Waals surface area contributed by atoms with Crippen LogP contribution in [-0.4, -0.2) is 27.1 Å². The van der Waals surface area contributed by atoms with E-state index >= 15 is 0 Å². The van der Waals surface area contributed by atoms with Gasteiger partial charge in [-0.1, -0.05) is 25.8 Å². The molecule has 7 nitrogen and oxygen atoms in total. The molecule has 28 heavy (non-hydrogen) atoms. The van der Waals surface area contributed by atoms with Gasteiger partial charge in [-0.3, -0.25) is 14.8 Å². The first-order chi connectivity index (χ1) is 13.5. The number of anilines is 1. The molecule has 1 fully saturated rings. The minimum Gasteiger partial charge on any atom is -0.324 e. The van der Waals surface area contributed by atoms with Crippen molar-refractivity contribution in [3.63, 3.8) is 0 Å². The van der Waals surface area contributed by atoms with Crippen LogP contribution >= 0.6 is 0 Å². The topological polar surface area (TPSA) is 96.0 Å². The zero-order valence-electron chi connectivity index (χ0n) is 16.4. The van der Waals surface area contributed by atoms with Crippen LogP contribution in [0.3, 0.4) is 0 Å². The third-order valence-electron chi connectivity index (χ3n) is 5.16. The van der Waals surface area contributed by atoms with Gasteiger partial charge in [-0.2, -0.15) is 4.98 Å². The molecule has 3 rings (SSSR count). The molecular weight excluding hydrogens is 352 g/mol. The average molecular weight is 378 g/mol. The third-order valence-corrected chi connectivity index (χ3v) is 5.16. The van der Waals surface area contributed by atoms with Gasteiger partial charge in [-0.05, 0) is 43.9 Å². The summed E-state index contributed by atoms with van der Waals surface area (Å²) >= 11 is 0. The van der Waals surface area contributed by atoms with Gasteiger partial charge in [-0.15, -0.1) is 0 Å². The zero-order chi connectivity index (χ0) is 20.1. The van der Waals surface area contributed by atoms with Crippen molar-refractivity contribution in [1.82, 2.24) is 14.5 Å². The van der Waals surface area contributed by atoms with Crippen molar-refractivity contribution in [1.29, 1.82) is 5.41 Å². The van der Waals surface area contributed by atoms with Gasteiger partial charge < -0.3 is 5.32 Å². The Bertz CT molecular complexity index is 1010. The molecule has 2 N–H and O–H groups in total. The summed E-state index contributed by atoms with van der Waals surface area (Å²) in [5, 5.41) is 10.9. The van der Waals surface area contributed by atoms with Gasteiger partial charge >= 0.3 is 0 Å². The van der Waals surface area contributed by atoms with Crippen molar-refractivity contribution in [2.24, 2.45) is 4.99 Å². The monoisotopic (exact) mass is 378 g/mol. The van der Waals surface area contributed by atoms with Gasteiger partial charge in [0.25, 0.3) is 5.56 Å². The van der Waals surface area contributed by atoms with E-state index in [1.807, 2.05) is 18.4 Å². The average Bonchev–Trinajstić information content (AvgIpc) is 2.68. The minimum atomic E-state index is -0.000640. The fraction of sp³-hybridized carbons (Fsp3) is 0.381. The van der Waals surface area contributed by atoms with Gasteiger partial charge in [0.2, 0.25) is 5.95 Å². The second kappa shape index (κ2) is 8.73. The van der Waals surface area contributed by atoms with Crippen LogP contribution in [-0.2, 0) is 0 Å². The number of fused-ring (bicyclic) bond motifs is 1. The molecule has 146 valence electrons. The summed E-state index contributed by atoms with van der Waals surface area (Å²) in [5.41, 5.74) is 3.04. The molecule has 2 aromatic heterocycles. The second-order valence-corrected chi connectivity index (χ2v) is 7.14. The summed E-state index contributed by atoms with van der Waals surface area (Å²) in [5.74, 6) is 0.406. The minimum absolute atomic E-state index is 0.000640. The lowest BCUT2D eigenvalue weighted by atomic mass is 9.95. The molecule has 7 heteroatoms. The maximum absolute atomic E-state index is 12.8. The van der Waals surface area contributed by atoms with Crippen molar-refractivity contribution in [2.75, 3.05) is 5.32 Å². The number of aromatic nitrogens is 3. The number of allylic oxidation sites excluding steroid dienone is 2. The van der Waals surface area contributed by atoms with E-state index in [4.69, 9.17) is 5.41 Å². The van der Waals surface area contributed by atoms with Gasteiger partial charge in [0.1, 0.15) is 12.0 Å². The summed E-state index contributed by atoms with van der Waals surface area (Å²) in [6, 6.07) is 1.87. The maximum Gasteiger partial charge on any atom is 0.252 e. The van der Waals surface area contributed by atoms with Crippen molar-refractivity contribution in [3.05, 3.63) is 52.1 Å². The molecule has 2 heterocycles. The van der Waals surface area contributed by atoms with Crippen molar-refractivity contribution in [3.8, 4) is 0 Å². The molecule has 1 saturated carbocycles. The lowest BCUT2D eigenvalue weighted by Gasteiger charge is -2.25. The smallest absolute Gasteiger partial charge is 0.252 e. The number of aliphatic imine (C=N–C) groups is 1. The van der Waals surface area contributed by atoms with Crippen molar-refractivity contribution in [2.45, 2.75) is 52.0 Å². The zero-order valence-corrected chi connectivity index (χ0v) is 16.4.